The molecule has 3 rings (SSSR count). The van der Waals surface area contributed by atoms with E-state index < -0.39 is 0 Å². The van der Waals surface area contributed by atoms with Crippen LogP contribution in [-0.4, -0.2) is 10.8 Å². The quantitative estimate of drug-likeness (QED) is 0.751. The second-order valence-electron chi connectivity index (χ2n) is 4.76. The Morgan fingerprint density at radius 3 is 2.39 bits per heavy atom. The van der Waals surface area contributed by atoms with E-state index in [0.717, 1.165) is 18.4 Å². The second kappa shape index (κ2) is 4.73. The Morgan fingerprint density at radius 1 is 0.889 bits per heavy atom. The van der Waals surface area contributed by atoms with Crippen molar-refractivity contribution < 1.29 is 4.79 Å². The molecule has 0 N–H and O–H groups in total. The third-order valence-electron chi connectivity index (χ3n) is 3.55. The summed E-state index contributed by atoms with van der Waals surface area (Å²) in [6.07, 6.45) is 8.08. The first-order chi connectivity index (χ1) is 8.84. The predicted molar refractivity (Wildman–Crippen MR) is 70.8 cm³/mol. The maximum absolute atomic E-state index is 12.3. The minimum atomic E-state index is 0.0887. The number of aryl methyl sites for hydroxylation is 2. The first-order valence-electron chi connectivity index (χ1n) is 6.41. The molecule has 1 aliphatic carbocycles. The first kappa shape index (κ1) is 11.1. The van der Waals surface area contributed by atoms with Crippen LogP contribution in [0.1, 0.15) is 39.9 Å². The molecular weight excluding hydrogens is 222 g/mol. The number of pyridine rings is 1. The Morgan fingerprint density at radius 2 is 1.61 bits per heavy atom. The van der Waals surface area contributed by atoms with Gasteiger partial charge in [-0.05, 0) is 55.0 Å². The molecule has 18 heavy (non-hydrogen) atoms. The number of ketones is 1. The van der Waals surface area contributed by atoms with Gasteiger partial charge in [0.2, 0.25) is 0 Å². The van der Waals surface area contributed by atoms with Crippen LogP contribution in [0.2, 0.25) is 0 Å². The molecule has 0 spiro atoms. The number of carbonyl (C=O) groups is 1. The molecule has 90 valence electrons. The lowest BCUT2D eigenvalue weighted by molar-refractivity contribution is 0.103. The smallest absolute Gasteiger partial charge is 0.193 e. The number of benzene rings is 1. The topological polar surface area (TPSA) is 30.0 Å². The first-order valence-corrected chi connectivity index (χ1v) is 6.41. The van der Waals surface area contributed by atoms with Crippen LogP contribution < -0.4 is 0 Å². The van der Waals surface area contributed by atoms with Crippen molar-refractivity contribution in [3.8, 4) is 0 Å². The molecule has 0 bridgehead atoms. The van der Waals surface area contributed by atoms with Gasteiger partial charge in [0, 0.05) is 23.5 Å². The molecule has 0 unspecified atom stereocenters. The number of rotatable bonds is 2. The van der Waals surface area contributed by atoms with E-state index in [1.54, 1.807) is 24.5 Å². The predicted octanol–water partition coefficient (Wildman–Crippen LogP) is 3.19. The van der Waals surface area contributed by atoms with E-state index in [1.165, 1.54) is 24.0 Å². The molecule has 2 nitrogen and oxygen atoms in total. The lowest BCUT2D eigenvalue weighted by Gasteiger charge is -2.16. The standard InChI is InChI=1S/C16H15NO/c18-16(13-7-9-17-10-8-13)15-6-5-12-3-1-2-4-14(12)11-15/h5-11H,1-4H2. The van der Waals surface area contributed by atoms with Crippen LogP contribution in [-0.2, 0) is 12.8 Å². The number of hydrogen-bond acceptors (Lipinski definition) is 2. The molecule has 0 aliphatic heterocycles. The fourth-order valence-electron chi connectivity index (χ4n) is 2.54. The zero-order valence-corrected chi connectivity index (χ0v) is 10.2. The van der Waals surface area contributed by atoms with E-state index in [0.29, 0.717) is 5.56 Å². The fourth-order valence-corrected chi connectivity index (χ4v) is 2.54. The van der Waals surface area contributed by atoms with Crippen molar-refractivity contribution in [2.45, 2.75) is 25.7 Å². The van der Waals surface area contributed by atoms with Crippen LogP contribution in [0.15, 0.2) is 42.7 Å². The van der Waals surface area contributed by atoms with E-state index in [-0.39, 0.29) is 5.78 Å². The molecule has 0 amide bonds. The lowest BCUT2D eigenvalue weighted by Crippen LogP contribution is -2.07. The van der Waals surface area contributed by atoms with Crippen LogP contribution >= 0.6 is 0 Å². The van der Waals surface area contributed by atoms with Crippen molar-refractivity contribution in [2.75, 3.05) is 0 Å². The highest BCUT2D eigenvalue weighted by Gasteiger charge is 2.13. The zero-order chi connectivity index (χ0) is 12.4. The van der Waals surface area contributed by atoms with Gasteiger partial charge in [-0.3, -0.25) is 9.78 Å². The monoisotopic (exact) mass is 237 g/mol. The molecule has 0 fully saturated rings. The molecule has 2 aromatic rings. The largest absolute Gasteiger partial charge is 0.289 e. The van der Waals surface area contributed by atoms with E-state index >= 15 is 0 Å². The Kier molecular flexibility index (Phi) is 2.93. The van der Waals surface area contributed by atoms with E-state index in [4.69, 9.17) is 0 Å². The second-order valence-corrected chi connectivity index (χ2v) is 4.76. The Labute approximate surface area is 107 Å². The summed E-state index contributed by atoms with van der Waals surface area (Å²) in [6, 6.07) is 9.66. The summed E-state index contributed by atoms with van der Waals surface area (Å²) in [5.41, 5.74) is 4.26. The van der Waals surface area contributed by atoms with Gasteiger partial charge in [-0.2, -0.15) is 0 Å². The van der Waals surface area contributed by atoms with Crippen molar-refractivity contribution in [3.63, 3.8) is 0 Å². The van der Waals surface area contributed by atoms with Crippen molar-refractivity contribution in [2.24, 2.45) is 0 Å². The molecule has 0 atom stereocenters. The minimum absolute atomic E-state index is 0.0887. The van der Waals surface area contributed by atoms with Gasteiger partial charge in [-0.1, -0.05) is 12.1 Å². The third kappa shape index (κ3) is 2.06. The molecule has 0 radical (unpaired) electrons. The highest BCUT2D eigenvalue weighted by atomic mass is 16.1. The van der Waals surface area contributed by atoms with Gasteiger partial charge >= 0.3 is 0 Å². The van der Waals surface area contributed by atoms with Gasteiger partial charge in [0.05, 0.1) is 0 Å². The van der Waals surface area contributed by atoms with Crippen molar-refractivity contribution >= 4 is 5.78 Å². The molecule has 1 heterocycles. The minimum Gasteiger partial charge on any atom is -0.289 e. The Balaban J connectivity index is 1.95. The van der Waals surface area contributed by atoms with Crippen LogP contribution in [0.3, 0.4) is 0 Å². The number of hydrogen-bond donors (Lipinski definition) is 0. The van der Waals surface area contributed by atoms with Gasteiger partial charge in [-0.25, -0.2) is 0 Å². The molecule has 1 aromatic heterocycles. The average Bonchev–Trinajstić information content (AvgIpc) is 2.47. The van der Waals surface area contributed by atoms with Gasteiger partial charge in [0.25, 0.3) is 0 Å². The number of nitrogens with zero attached hydrogens (tertiary/aromatic N) is 1. The van der Waals surface area contributed by atoms with E-state index in [2.05, 4.69) is 17.1 Å². The van der Waals surface area contributed by atoms with Gasteiger partial charge in [0.1, 0.15) is 0 Å². The van der Waals surface area contributed by atoms with Crippen LogP contribution in [0.25, 0.3) is 0 Å². The van der Waals surface area contributed by atoms with Crippen molar-refractivity contribution in [3.05, 3.63) is 65.0 Å². The highest BCUT2D eigenvalue weighted by molar-refractivity contribution is 6.09. The zero-order valence-electron chi connectivity index (χ0n) is 10.2. The summed E-state index contributed by atoms with van der Waals surface area (Å²) in [6.45, 7) is 0. The summed E-state index contributed by atoms with van der Waals surface area (Å²) in [4.78, 5) is 16.2. The normalized spacial score (nSPS) is 14.0. The third-order valence-corrected chi connectivity index (χ3v) is 3.55. The van der Waals surface area contributed by atoms with Crippen molar-refractivity contribution in [1.29, 1.82) is 0 Å². The van der Waals surface area contributed by atoms with Crippen LogP contribution in [0.5, 0.6) is 0 Å². The summed E-state index contributed by atoms with van der Waals surface area (Å²) >= 11 is 0. The molecule has 1 aliphatic rings. The Bertz CT molecular complexity index is 575. The Hall–Kier alpha value is -1.96. The van der Waals surface area contributed by atoms with Gasteiger partial charge in [-0.15, -0.1) is 0 Å². The lowest BCUT2D eigenvalue weighted by atomic mass is 9.89. The van der Waals surface area contributed by atoms with Gasteiger partial charge in [0.15, 0.2) is 5.78 Å². The summed E-state index contributed by atoms with van der Waals surface area (Å²) in [7, 11) is 0. The summed E-state index contributed by atoms with van der Waals surface area (Å²) in [5, 5.41) is 0. The van der Waals surface area contributed by atoms with Crippen molar-refractivity contribution in [1.82, 2.24) is 4.98 Å². The SMILES string of the molecule is O=C(c1ccncc1)c1ccc2c(c1)CCCC2. The number of carbonyl (C=O) groups excluding carboxylic acids is 1. The summed E-state index contributed by atoms with van der Waals surface area (Å²) in [5.74, 6) is 0.0887. The molecular formula is C16H15NO. The molecule has 1 aromatic carbocycles. The molecule has 0 saturated carbocycles. The van der Waals surface area contributed by atoms with Crippen LogP contribution in [0, 0.1) is 0 Å². The van der Waals surface area contributed by atoms with Gasteiger partial charge < -0.3 is 0 Å². The van der Waals surface area contributed by atoms with Crippen LogP contribution in [0.4, 0.5) is 0 Å². The molecule has 0 saturated heterocycles. The molecule has 2 heteroatoms. The number of fused-ring (bicyclic) bond motifs is 1. The average molecular weight is 237 g/mol. The summed E-state index contributed by atoms with van der Waals surface area (Å²) < 4.78 is 0. The fraction of sp³-hybridized carbons (Fsp3) is 0.250. The maximum atomic E-state index is 12.3. The number of aromatic nitrogens is 1. The maximum Gasteiger partial charge on any atom is 0.193 e. The highest BCUT2D eigenvalue weighted by Crippen LogP contribution is 2.23. The van der Waals surface area contributed by atoms with E-state index in [1.807, 2.05) is 6.07 Å². The van der Waals surface area contributed by atoms with E-state index in [9.17, 15) is 4.79 Å².